The first-order chi connectivity index (χ1) is 14.8. The molecule has 0 spiro atoms. The van der Waals surface area contributed by atoms with E-state index in [0.29, 0.717) is 22.7 Å². The number of carbonyl (C=O) groups excluding carboxylic acids is 2. The van der Waals surface area contributed by atoms with Crippen LogP contribution in [0.5, 0.6) is 5.75 Å². The Morgan fingerprint density at radius 2 is 1.71 bits per heavy atom. The predicted molar refractivity (Wildman–Crippen MR) is 119 cm³/mol. The number of hydrazine groups is 1. The van der Waals surface area contributed by atoms with Crippen molar-refractivity contribution in [2.75, 3.05) is 11.8 Å². The lowest BCUT2D eigenvalue weighted by atomic mass is 10.2. The van der Waals surface area contributed by atoms with Crippen molar-refractivity contribution < 1.29 is 22.7 Å². The molecule has 0 bridgehead atoms. The van der Waals surface area contributed by atoms with Crippen LogP contribution < -0.4 is 20.3 Å². The third kappa shape index (κ3) is 5.41. The Hall–Kier alpha value is -3.37. The Kier molecular flexibility index (Phi) is 6.93. The van der Waals surface area contributed by atoms with Crippen LogP contribution in [0, 0.1) is 0 Å². The Balaban J connectivity index is 1.69. The number of benzene rings is 2. The molecule has 162 valence electrons. The molecule has 0 saturated heterocycles. The minimum atomic E-state index is -3.92. The second-order valence-corrected chi connectivity index (χ2v) is 9.00. The molecule has 0 saturated carbocycles. The van der Waals surface area contributed by atoms with E-state index in [0.717, 1.165) is 5.56 Å². The van der Waals surface area contributed by atoms with Crippen LogP contribution in [0.1, 0.15) is 32.5 Å². The summed E-state index contributed by atoms with van der Waals surface area (Å²) in [6, 6.07) is 13.8. The zero-order valence-electron chi connectivity index (χ0n) is 16.8. The Labute approximate surface area is 184 Å². The minimum Gasteiger partial charge on any atom is -0.497 e. The van der Waals surface area contributed by atoms with Gasteiger partial charge in [-0.05, 0) is 65.9 Å². The first-order valence-electron chi connectivity index (χ1n) is 9.28. The van der Waals surface area contributed by atoms with Gasteiger partial charge in [0.25, 0.3) is 21.8 Å². The van der Waals surface area contributed by atoms with Gasteiger partial charge in [-0.3, -0.25) is 25.2 Å². The molecule has 1 heterocycles. The molecule has 0 fully saturated rings. The average Bonchev–Trinajstić information content (AvgIpc) is 3.26. The second-order valence-electron chi connectivity index (χ2n) is 6.40. The van der Waals surface area contributed by atoms with Gasteiger partial charge < -0.3 is 4.74 Å². The Morgan fingerprint density at radius 1 is 1.00 bits per heavy atom. The van der Waals surface area contributed by atoms with Crippen LogP contribution in [-0.2, 0) is 16.4 Å². The van der Waals surface area contributed by atoms with Crippen LogP contribution in [0.2, 0.25) is 0 Å². The topological polar surface area (TPSA) is 114 Å². The molecule has 2 amide bonds. The number of aryl methyl sites for hydroxylation is 1. The van der Waals surface area contributed by atoms with E-state index in [9.17, 15) is 18.0 Å². The molecule has 2 aromatic carbocycles. The average molecular weight is 460 g/mol. The third-order valence-corrected chi connectivity index (χ3v) is 6.71. The monoisotopic (exact) mass is 459 g/mol. The van der Waals surface area contributed by atoms with Crippen molar-refractivity contribution in [2.24, 2.45) is 0 Å². The van der Waals surface area contributed by atoms with Gasteiger partial charge in [0.15, 0.2) is 0 Å². The van der Waals surface area contributed by atoms with E-state index in [1.807, 2.05) is 13.0 Å². The standard InChI is InChI=1S/C21H21N3O5S2/c1-3-14-11-12-30-19(14)21(26)23-22-20(25)15-5-4-6-18(13-15)31(27,28)24-16-7-9-17(29-2)10-8-16/h4-13,24H,3H2,1-2H3,(H,22,25)(H,23,26). The summed E-state index contributed by atoms with van der Waals surface area (Å²) >= 11 is 1.28. The molecule has 1 aromatic heterocycles. The molecule has 8 nitrogen and oxygen atoms in total. The lowest BCUT2D eigenvalue weighted by Gasteiger charge is -2.11. The van der Waals surface area contributed by atoms with Crippen LogP contribution in [0.25, 0.3) is 0 Å². The summed E-state index contributed by atoms with van der Waals surface area (Å²) in [5.74, 6) is -0.466. The van der Waals surface area contributed by atoms with Gasteiger partial charge >= 0.3 is 0 Å². The van der Waals surface area contributed by atoms with E-state index < -0.39 is 21.8 Å². The molecule has 10 heteroatoms. The molecule has 0 aliphatic carbocycles. The summed E-state index contributed by atoms with van der Waals surface area (Å²) < 4.78 is 32.9. The molecule has 3 rings (SSSR count). The van der Waals surface area contributed by atoms with Crippen molar-refractivity contribution >= 4 is 38.9 Å². The Bertz CT molecular complexity index is 1190. The number of nitrogens with one attached hydrogen (secondary N) is 3. The molecule has 0 aliphatic heterocycles. The van der Waals surface area contributed by atoms with E-state index >= 15 is 0 Å². The quantitative estimate of drug-likeness (QED) is 0.470. The predicted octanol–water partition coefficient (Wildman–Crippen LogP) is 3.19. The lowest BCUT2D eigenvalue weighted by molar-refractivity contribution is 0.0848. The first kappa shape index (κ1) is 22.3. The molecular formula is C21H21N3O5S2. The van der Waals surface area contributed by atoms with Gasteiger partial charge in [-0.1, -0.05) is 13.0 Å². The zero-order chi connectivity index (χ0) is 22.4. The van der Waals surface area contributed by atoms with Crippen LogP contribution >= 0.6 is 11.3 Å². The second kappa shape index (κ2) is 9.63. The van der Waals surface area contributed by atoms with Gasteiger partial charge in [0, 0.05) is 11.3 Å². The van der Waals surface area contributed by atoms with Crippen LogP contribution in [0.15, 0.2) is 64.9 Å². The maximum absolute atomic E-state index is 12.7. The van der Waals surface area contributed by atoms with Crippen LogP contribution in [-0.4, -0.2) is 27.3 Å². The largest absolute Gasteiger partial charge is 0.497 e. The molecule has 3 N–H and O–H groups in total. The van der Waals surface area contributed by atoms with Gasteiger partial charge in [-0.2, -0.15) is 0 Å². The summed E-state index contributed by atoms with van der Waals surface area (Å²) in [5, 5.41) is 1.81. The van der Waals surface area contributed by atoms with Crippen LogP contribution in [0.4, 0.5) is 5.69 Å². The summed E-state index contributed by atoms with van der Waals surface area (Å²) in [5.41, 5.74) is 6.00. The maximum atomic E-state index is 12.7. The third-order valence-electron chi connectivity index (χ3n) is 4.37. The van der Waals surface area contributed by atoms with Gasteiger partial charge in [-0.15, -0.1) is 11.3 Å². The molecule has 3 aromatic rings. The van der Waals surface area contributed by atoms with E-state index in [2.05, 4.69) is 15.6 Å². The van der Waals surface area contributed by atoms with Crippen molar-refractivity contribution in [3.63, 3.8) is 0 Å². The van der Waals surface area contributed by atoms with Crippen molar-refractivity contribution in [3.05, 3.63) is 76.0 Å². The highest BCUT2D eigenvalue weighted by molar-refractivity contribution is 7.92. The summed E-state index contributed by atoms with van der Waals surface area (Å²) in [7, 11) is -2.41. The SMILES string of the molecule is CCc1ccsc1C(=O)NNC(=O)c1cccc(S(=O)(=O)Nc2ccc(OC)cc2)c1. The Morgan fingerprint density at radius 3 is 2.39 bits per heavy atom. The highest BCUT2D eigenvalue weighted by Crippen LogP contribution is 2.20. The van der Waals surface area contributed by atoms with Crippen LogP contribution in [0.3, 0.4) is 0 Å². The highest BCUT2D eigenvalue weighted by Gasteiger charge is 2.18. The fraction of sp³-hybridized carbons (Fsp3) is 0.143. The number of ether oxygens (including phenoxy) is 1. The van der Waals surface area contributed by atoms with Crippen molar-refractivity contribution in [2.45, 2.75) is 18.2 Å². The molecule has 0 atom stereocenters. The van der Waals surface area contributed by atoms with Gasteiger partial charge in [-0.25, -0.2) is 8.42 Å². The number of anilines is 1. The normalized spacial score (nSPS) is 10.9. The number of amides is 2. The highest BCUT2D eigenvalue weighted by atomic mass is 32.2. The van der Waals surface area contributed by atoms with E-state index in [4.69, 9.17) is 4.74 Å². The molecule has 0 aliphatic rings. The van der Waals surface area contributed by atoms with E-state index in [1.165, 1.54) is 42.7 Å². The van der Waals surface area contributed by atoms with Crippen molar-refractivity contribution in [1.29, 1.82) is 0 Å². The first-order valence-corrected chi connectivity index (χ1v) is 11.6. The zero-order valence-corrected chi connectivity index (χ0v) is 18.5. The summed E-state index contributed by atoms with van der Waals surface area (Å²) in [6.07, 6.45) is 0.696. The number of carbonyl (C=O) groups is 2. The number of sulfonamides is 1. The minimum absolute atomic E-state index is 0.0831. The number of methoxy groups -OCH3 is 1. The van der Waals surface area contributed by atoms with Gasteiger partial charge in [0.05, 0.1) is 16.9 Å². The lowest BCUT2D eigenvalue weighted by Crippen LogP contribution is -2.41. The number of rotatable bonds is 7. The van der Waals surface area contributed by atoms with Crippen molar-refractivity contribution in [3.8, 4) is 5.75 Å². The van der Waals surface area contributed by atoms with Crippen molar-refractivity contribution in [1.82, 2.24) is 10.9 Å². The van der Waals surface area contributed by atoms with Gasteiger partial charge in [0.2, 0.25) is 0 Å². The molecule has 0 radical (unpaired) electrons. The summed E-state index contributed by atoms with van der Waals surface area (Å²) in [6.45, 7) is 1.93. The molecule has 0 unspecified atom stereocenters. The van der Waals surface area contributed by atoms with Gasteiger partial charge in [0.1, 0.15) is 5.75 Å². The maximum Gasteiger partial charge on any atom is 0.280 e. The van der Waals surface area contributed by atoms with E-state index in [-0.39, 0.29) is 10.5 Å². The smallest absolute Gasteiger partial charge is 0.280 e. The fourth-order valence-electron chi connectivity index (χ4n) is 2.73. The molecular weight excluding hydrogens is 438 g/mol. The fourth-order valence-corrected chi connectivity index (χ4v) is 4.73. The number of thiophene rings is 1. The number of hydrogen-bond acceptors (Lipinski definition) is 6. The summed E-state index contributed by atoms with van der Waals surface area (Å²) in [4.78, 5) is 25.1. The number of hydrogen-bond donors (Lipinski definition) is 3. The van der Waals surface area contributed by atoms with E-state index in [1.54, 1.807) is 29.6 Å². The molecule has 31 heavy (non-hydrogen) atoms.